The van der Waals surface area contributed by atoms with Crippen LogP contribution >= 0.6 is 0 Å². The fraction of sp³-hybridized carbons (Fsp3) is 0.182. The van der Waals surface area contributed by atoms with Crippen LogP contribution in [-0.4, -0.2) is 9.91 Å². The maximum Gasteiger partial charge on any atom is 0.270 e. The average Bonchev–Trinajstić information content (AvgIpc) is 2.19. The van der Waals surface area contributed by atoms with E-state index in [1.807, 2.05) is 0 Å². The molecule has 2 aromatic rings. The van der Waals surface area contributed by atoms with Crippen molar-refractivity contribution in [3.05, 3.63) is 49.8 Å². The molecule has 5 heteroatoms. The molecule has 1 heterocycles. The molecule has 0 amide bonds. The second kappa shape index (κ2) is 3.44. The summed E-state index contributed by atoms with van der Waals surface area (Å²) in [5.41, 5.74) is 1.85. The number of aromatic nitrogens is 1. The molecular formula is C11H10N2O3. The number of nitro groups is 1. The SMILES string of the molecule is Cc1cc(=O)c2cc([N+](=O)[O-])cc(C)c2[nH]1. The van der Waals surface area contributed by atoms with Crippen LogP contribution in [0.3, 0.4) is 0 Å². The largest absolute Gasteiger partial charge is 0.358 e. The Labute approximate surface area is 90.9 Å². The van der Waals surface area contributed by atoms with Crippen molar-refractivity contribution in [2.75, 3.05) is 0 Å². The minimum absolute atomic E-state index is 0.0562. The maximum atomic E-state index is 11.7. The smallest absolute Gasteiger partial charge is 0.270 e. The fourth-order valence-electron chi connectivity index (χ4n) is 1.74. The van der Waals surface area contributed by atoms with Crippen molar-refractivity contribution in [3.63, 3.8) is 0 Å². The van der Waals surface area contributed by atoms with Gasteiger partial charge in [0, 0.05) is 23.9 Å². The summed E-state index contributed by atoms with van der Waals surface area (Å²) < 4.78 is 0. The molecule has 0 saturated heterocycles. The molecule has 82 valence electrons. The Morgan fingerprint density at radius 2 is 1.94 bits per heavy atom. The van der Waals surface area contributed by atoms with Gasteiger partial charge in [-0.2, -0.15) is 0 Å². The molecule has 2 rings (SSSR count). The van der Waals surface area contributed by atoms with Gasteiger partial charge in [-0.25, -0.2) is 0 Å². The molecule has 0 aliphatic rings. The van der Waals surface area contributed by atoms with Crippen molar-refractivity contribution in [2.24, 2.45) is 0 Å². The zero-order valence-corrected chi connectivity index (χ0v) is 8.90. The Morgan fingerprint density at radius 1 is 1.25 bits per heavy atom. The Hall–Kier alpha value is -2.17. The Bertz CT molecular complexity index is 643. The van der Waals surface area contributed by atoms with E-state index < -0.39 is 4.92 Å². The third-order valence-corrected chi connectivity index (χ3v) is 2.47. The maximum absolute atomic E-state index is 11.7. The first kappa shape index (κ1) is 10.4. The van der Waals surface area contributed by atoms with E-state index in [0.717, 1.165) is 5.69 Å². The van der Waals surface area contributed by atoms with E-state index >= 15 is 0 Å². The second-order valence-corrected chi connectivity index (χ2v) is 3.76. The van der Waals surface area contributed by atoms with Crippen LogP contribution in [0.15, 0.2) is 23.0 Å². The number of non-ortho nitro benzene ring substituents is 1. The molecule has 0 atom stereocenters. The van der Waals surface area contributed by atoms with Crippen molar-refractivity contribution in [1.82, 2.24) is 4.98 Å². The Morgan fingerprint density at radius 3 is 2.56 bits per heavy atom. The van der Waals surface area contributed by atoms with Crippen LogP contribution < -0.4 is 5.43 Å². The molecule has 5 nitrogen and oxygen atoms in total. The molecule has 0 radical (unpaired) electrons. The predicted octanol–water partition coefficient (Wildman–Crippen LogP) is 2.05. The van der Waals surface area contributed by atoms with E-state index in [1.54, 1.807) is 13.8 Å². The van der Waals surface area contributed by atoms with Crippen LogP contribution in [0.5, 0.6) is 0 Å². The topological polar surface area (TPSA) is 76.0 Å². The normalized spacial score (nSPS) is 10.6. The molecule has 0 saturated carbocycles. The molecule has 0 spiro atoms. The summed E-state index contributed by atoms with van der Waals surface area (Å²) in [4.78, 5) is 24.9. The highest BCUT2D eigenvalue weighted by molar-refractivity contribution is 5.84. The fourth-order valence-corrected chi connectivity index (χ4v) is 1.74. The Balaban J connectivity index is 2.93. The van der Waals surface area contributed by atoms with Gasteiger partial charge in [-0.3, -0.25) is 14.9 Å². The molecule has 0 bridgehead atoms. The highest BCUT2D eigenvalue weighted by atomic mass is 16.6. The van der Waals surface area contributed by atoms with Gasteiger partial charge < -0.3 is 4.98 Å². The monoisotopic (exact) mass is 218 g/mol. The van der Waals surface area contributed by atoms with Crippen LogP contribution in [0.2, 0.25) is 0 Å². The molecule has 1 aromatic carbocycles. The van der Waals surface area contributed by atoms with E-state index in [9.17, 15) is 14.9 Å². The average molecular weight is 218 g/mol. The van der Waals surface area contributed by atoms with Gasteiger partial charge in [-0.15, -0.1) is 0 Å². The van der Waals surface area contributed by atoms with Crippen LogP contribution in [-0.2, 0) is 0 Å². The zero-order chi connectivity index (χ0) is 11.9. The summed E-state index contributed by atoms with van der Waals surface area (Å²) in [6.45, 7) is 3.52. The molecule has 1 N–H and O–H groups in total. The van der Waals surface area contributed by atoms with Gasteiger partial charge >= 0.3 is 0 Å². The number of hydrogen-bond acceptors (Lipinski definition) is 3. The number of fused-ring (bicyclic) bond motifs is 1. The summed E-state index contributed by atoms with van der Waals surface area (Å²) in [5, 5.41) is 11.0. The highest BCUT2D eigenvalue weighted by Crippen LogP contribution is 2.21. The van der Waals surface area contributed by atoms with Crippen molar-refractivity contribution in [3.8, 4) is 0 Å². The number of rotatable bonds is 1. The second-order valence-electron chi connectivity index (χ2n) is 3.76. The lowest BCUT2D eigenvalue weighted by atomic mass is 10.1. The van der Waals surface area contributed by atoms with Crippen molar-refractivity contribution in [1.29, 1.82) is 0 Å². The number of pyridine rings is 1. The van der Waals surface area contributed by atoms with Gasteiger partial charge in [0.25, 0.3) is 5.69 Å². The summed E-state index contributed by atoms with van der Waals surface area (Å²) in [6, 6.07) is 4.20. The lowest BCUT2D eigenvalue weighted by molar-refractivity contribution is -0.384. The summed E-state index contributed by atoms with van der Waals surface area (Å²) in [5.74, 6) is 0. The predicted molar refractivity (Wildman–Crippen MR) is 60.7 cm³/mol. The van der Waals surface area contributed by atoms with Crippen LogP contribution in [0.4, 0.5) is 5.69 Å². The Kier molecular flexibility index (Phi) is 2.23. The van der Waals surface area contributed by atoms with Gasteiger partial charge in [0.1, 0.15) is 0 Å². The molecular weight excluding hydrogens is 208 g/mol. The van der Waals surface area contributed by atoms with Gasteiger partial charge in [0.15, 0.2) is 5.43 Å². The summed E-state index contributed by atoms with van der Waals surface area (Å²) in [6.07, 6.45) is 0. The number of nitrogens with one attached hydrogen (secondary N) is 1. The minimum atomic E-state index is -0.494. The molecule has 0 unspecified atom stereocenters. The molecule has 0 aliphatic carbocycles. The van der Waals surface area contributed by atoms with E-state index in [2.05, 4.69) is 4.98 Å². The quantitative estimate of drug-likeness (QED) is 0.587. The molecule has 16 heavy (non-hydrogen) atoms. The van der Waals surface area contributed by atoms with Gasteiger partial charge in [0.05, 0.1) is 15.8 Å². The van der Waals surface area contributed by atoms with E-state index in [-0.39, 0.29) is 11.1 Å². The van der Waals surface area contributed by atoms with Crippen LogP contribution in [0.25, 0.3) is 10.9 Å². The number of nitrogens with zero attached hydrogens (tertiary/aromatic N) is 1. The van der Waals surface area contributed by atoms with Crippen LogP contribution in [0, 0.1) is 24.0 Å². The molecule has 0 aliphatic heterocycles. The van der Waals surface area contributed by atoms with Crippen molar-refractivity contribution < 1.29 is 4.92 Å². The first-order valence-electron chi connectivity index (χ1n) is 4.77. The zero-order valence-electron chi connectivity index (χ0n) is 8.90. The number of benzene rings is 1. The number of H-pyrrole nitrogens is 1. The first-order chi connectivity index (χ1) is 7.49. The number of nitro benzene ring substituents is 1. The van der Waals surface area contributed by atoms with E-state index in [4.69, 9.17) is 0 Å². The lowest BCUT2D eigenvalue weighted by Crippen LogP contribution is -2.04. The van der Waals surface area contributed by atoms with E-state index in [0.29, 0.717) is 16.5 Å². The van der Waals surface area contributed by atoms with Gasteiger partial charge in [-0.05, 0) is 19.4 Å². The van der Waals surface area contributed by atoms with Crippen molar-refractivity contribution >= 4 is 16.6 Å². The first-order valence-corrected chi connectivity index (χ1v) is 4.77. The lowest BCUT2D eigenvalue weighted by Gasteiger charge is -2.03. The standard InChI is InChI=1S/C11H10N2O3/c1-6-3-8(13(15)16)5-9-10(14)4-7(2)12-11(6)9/h3-5H,1-2H3,(H,12,14). The van der Waals surface area contributed by atoms with E-state index in [1.165, 1.54) is 18.2 Å². The summed E-state index contributed by atoms with van der Waals surface area (Å²) >= 11 is 0. The van der Waals surface area contributed by atoms with Gasteiger partial charge in [0.2, 0.25) is 0 Å². The number of aromatic amines is 1. The third kappa shape index (κ3) is 1.56. The minimum Gasteiger partial charge on any atom is -0.358 e. The summed E-state index contributed by atoms with van der Waals surface area (Å²) in [7, 11) is 0. The number of aryl methyl sites for hydroxylation is 2. The number of hydrogen-bond donors (Lipinski definition) is 1. The highest BCUT2D eigenvalue weighted by Gasteiger charge is 2.11. The molecule has 1 aromatic heterocycles. The van der Waals surface area contributed by atoms with Gasteiger partial charge in [-0.1, -0.05) is 0 Å². The van der Waals surface area contributed by atoms with Crippen molar-refractivity contribution in [2.45, 2.75) is 13.8 Å². The molecule has 0 fully saturated rings. The third-order valence-electron chi connectivity index (χ3n) is 2.47. The van der Waals surface area contributed by atoms with Crippen LogP contribution in [0.1, 0.15) is 11.3 Å².